The van der Waals surface area contributed by atoms with Crippen molar-refractivity contribution in [3.63, 3.8) is 0 Å². The highest BCUT2D eigenvalue weighted by Crippen LogP contribution is 2.29. The van der Waals surface area contributed by atoms with Crippen molar-refractivity contribution in [1.29, 1.82) is 0 Å². The van der Waals surface area contributed by atoms with Crippen LogP contribution in [0.1, 0.15) is 6.92 Å². The number of carbonyl (C=O) groups is 1. The van der Waals surface area contributed by atoms with Crippen LogP contribution in [0.3, 0.4) is 0 Å². The molecule has 4 aromatic rings. The molecule has 0 saturated heterocycles. The molecule has 34 heavy (non-hydrogen) atoms. The smallest absolute Gasteiger partial charge is 0.261 e. The van der Waals surface area contributed by atoms with Crippen LogP contribution in [0.25, 0.3) is 11.3 Å². The van der Waals surface area contributed by atoms with E-state index in [0.717, 1.165) is 20.6 Å². The second-order valence-corrected chi connectivity index (χ2v) is 12.1. The van der Waals surface area contributed by atoms with E-state index in [1.807, 2.05) is 36.6 Å². The Morgan fingerprint density at radius 3 is 2.35 bits per heavy atom. The fourth-order valence-electron chi connectivity index (χ4n) is 2.96. The van der Waals surface area contributed by atoms with Crippen LogP contribution < -0.4 is 10.0 Å². The molecule has 0 spiro atoms. The molecule has 0 bridgehead atoms. The Morgan fingerprint density at radius 2 is 1.68 bits per heavy atom. The van der Waals surface area contributed by atoms with Crippen molar-refractivity contribution in [3.8, 4) is 11.3 Å². The van der Waals surface area contributed by atoms with E-state index in [4.69, 9.17) is 0 Å². The highest BCUT2D eigenvalue weighted by atomic mass is 79.9. The van der Waals surface area contributed by atoms with Gasteiger partial charge in [0.2, 0.25) is 5.91 Å². The van der Waals surface area contributed by atoms with Crippen molar-refractivity contribution in [2.24, 2.45) is 0 Å². The molecule has 1 aromatic heterocycles. The number of rotatable bonds is 8. The van der Waals surface area contributed by atoms with Gasteiger partial charge in [-0.05, 0) is 55.5 Å². The molecule has 10 heteroatoms. The number of anilines is 2. The van der Waals surface area contributed by atoms with Gasteiger partial charge in [-0.15, -0.1) is 23.1 Å². The summed E-state index contributed by atoms with van der Waals surface area (Å²) < 4.78 is 28.5. The third kappa shape index (κ3) is 6.26. The van der Waals surface area contributed by atoms with Gasteiger partial charge in [-0.3, -0.25) is 9.52 Å². The number of carbonyl (C=O) groups excluding carboxylic acids is 1. The van der Waals surface area contributed by atoms with Crippen LogP contribution in [0.5, 0.6) is 0 Å². The van der Waals surface area contributed by atoms with Crippen molar-refractivity contribution in [2.75, 3.05) is 10.0 Å². The lowest BCUT2D eigenvalue weighted by Crippen LogP contribution is -2.22. The standard InChI is InChI=1S/C24H20BrN3O3S3/c1-16(23(29)27-24-26-22(15-32-24)17-7-9-18(25)10-8-17)33-20-13-11-19(12-14-20)28-34(30,31)21-5-3-2-4-6-21/h2-16,28H,1H3,(H,26,27,29). The Labute approximate surface area is 215 Å². The summed E-state index contributed by atoms with van der Waals surface area (Å²) in [4.78, 5) is 18.2. The molecule has 6 nitrogen and oxygen atoms in total. The quantitative estimate of drug-likeness (QED) is 0.235. The molecule has 0 fully saturated rings. The molecule has 1 amide bonds. The third-order valence-corrected chi connectivity index (χ3v) is 8.51. The zero-order valence-corrected chi connectivity index (χ0v) is 22.0. The lowest BCUT2D eigenvalue weighted by atomic mass is 10.2. The zero-order chi connectivity index (χ0) is 24.1. The topological polar surface area (TPSA) is 88.2 Å². The number of nitrogens with zero attached hydrogens (tertiary/aromatic N) is 1. The van der Waals surface area contributed by atoms with E-state index < -0.39 is 10.0 Å². The molecular weight excluding hydrogens is 554 g/mol. The minimum absolute atomic E-state index is 0.157. The van der Waals surface area contributed by atoms with E-state index in [1.165, 1.54) is 35.2 Å². The maximum atomic E-state index is 12.7. The van der Waals surface area contributed by atoms with E-state index in [-0.39, 0.29) is 16.1 Å². The predicted molar refractivity (Wildman–Crippen MR) is 143 cm³/mol. The monoisotopic (exact) mass is 573 g/mol. The molecule has 1 heterocycles. The number of hydrogen-bond donors (Lipinski definition) is 2. The van der Waals surface area contributed by atoms with E-state index in [2.05, 4.69) is 31.0 Å². The molecule has 2 N–H and O–H groups in total. The molecule has 4 rings (SSSR count). The molecule has 1 unspecified atom stereocenters. The summed E-state index contributed by atoms with van der Waals surface area (Å²) >= 11 is 6.18. The van der Waals surface area contributed by atoms with Gasteiger partial charge in [0, 0.05) is 26.0 Å². The summed E-state index contributed by atoms with van der Waals surface area (Å²) in [6.45, 7) is 1.81. The first-order chi connectivity index (χ1) is 16.3. The Kier molecular flexibility index (Phi) is 7.72. The normalized spacial score (nSPS) is 12.2. The van der Waals surface area contributed by atoms with Gasteiger partial charge in [-0.2, -0.15) is 0 Å². The third-order valence-electron chi connectivity index (χ3n) is 4.72. The van der Waals surface area contributed by atoms with Gasteiger partial charge in [0.1, 0.15) is 0 Å². The number of halogens is 1. The van der Waals surface area contributed by atoms with Crippen molar-refractivity contribution < 1.29 is 13.2 Å². The first-order valence-corrected chi connectivity index (χ1v) is 14.2. The second-order valence-electron chi connectivity index (χ2n) is 7.24. The average molecular weight is 575 g/mol. The summed E-state index contributed by atoms with van der Waals surface area (Å²) in [6.07, 6.45) is 0. The molecule has 0 aliphatic carbocycles. The van der Waals surface area contributed by atoms with Gasteiger partial charge in [-0.1, -0.05) is 46.3 Å². The van der Waals surface area contributed by atoms with E-state index in [1.54, 1.807) is 42.5 Å². The molecular formula is C24H20BrN3O3S3. The number of hydrogen-bond acceptors (Lipinski definition) is 6. The molecule has 0 aliphatic rings. The fourth-order valence-corrected chi connectivity index (χ4v) is 5.90. The van der Waals surface area contributed by atoms with E-state index >= 15 is 0 Å². The Morgan fingerprint density at radius 1 is 1.00 bits per heavy atom. The number of thiazole rings is 1. The lowest BCUT2D eigenvalue weighted by molar-refractivity contribution is -0.115. The summed E-state index contributed by atoms with van der Waals surface area (Å²) in [5.74, 6) is -0.157. The Balaban J connectivity index is 1.34. The van der Waals surface area contributed by atoms with Gasteiger partial charge in [0.05, 0.1) is 15.8 Å². The molecule has 0 saturated carbocycles. The number of aromatic nitrogens is 1. The van der Waals surface area contributed by atoms with Gasteiger partial charge in [0.15, 0.2) is 5.13 Å². The van der Waals surface area contributed by atoms with Crippen LogP contribution >= 0.6 is 39.0 Å². The van der Waals surface area contributed by atoms with Gasteiger partial charge >= 0.3 is 0 Å². The Bertz CT molecular complexity index is 1370. The lowest BCUT2D eigenvalue weighted by Gasteiger charge is -2.12. The minimum atomic E-state index is -3.65. The zero-order valence-electron chi connectivity index (χ0n) is 17.9. The summed E-state index contributed by atoms with van der Waals surface area (Å²) in [7, 11) is -3.65. The second kappa shape index (κ2) is 10.7. The SMILES string of the molecule is CC(Sc1ccc(NS(=O)(=O)c2ccccc2)cc1)C(=O)Nc1nc(-c2ccc(Br)cc2)cs1. The first kappa shape index (κ1) is 24.5. The molecule has 0 radical (unpaired) electrons. The van der Waals surface area contributed by atoms with Crippen molar-refractivity contribution in [1.82, 2.24) is 4.98 Å². The number of amides is 1. The van der Waals surface area contributed by atoms with Crippen LogP contribution in [0.4, 0.5) is 10.8 Å². The molecule has 3 aromatic carbocycles. The Hall–Kier alpha value is -2.66. The van der Waals surface area contributed by atoms with Gasteiger partial charge in [0.25, 0.3) is 10.0 Å². The molecule has 1 atom stereocenters. The number of sulfonamides is 1. The van der Waals surface area contributed by atoms with Crippen molar-refractivity contribution in [2.45, 2.75) is 22.0 Å². The summed E-state index contributed by atoms with van der Waals surface area (Å²) in [5, 5.41) is 4.95. The number of benzene rings is 3. The van der Waals surface area contributed by atoms with Crippen LogP contribution in [0.15, 0.2) is 98.5 Å². The molecule has 174 valence electrons. The maximum absolute atomic E-state index is 12.7. The fraction of sp³-hybridized carbons (Fsp3) is 0.0833. The van der Waals surface area contributed by atoms with Crippen LogP contribution in [0, 0.1) is 0 Å². The molecule has 0 aliphatic heterocycles. The largest absolute Gasteiger partial charge is 0.301 e. The van der Waals surface area contributed by atoms with Crippen molar-refractivity contribution >= 4 is 65.8 Å². The van der Waals surface area contributed by atoms with Gasteiger partial charge < -0.3 is 5.32 Å². The predicted octanol–water partition coefficient (Wildman–Crippen LogP) is 6.49. The highest BCUT2D eigenvalue weighted by Gasteiger charge is 2.17. The highest BCUT2D eigenvalue weighted by molar-refractivity contribution is 9.10. The van der Waals surface area contributed by atoms with Crippen LogP contribution in [-0.2, 0) is 14.8 Å². The summed E-state index contributed by atoms with van der Waals surface area (Å²) in [6, 6.07) is 22.9. The van der Waals surface area contributed by atoms with E-state index in [0.29, 0.717) is 10.8 Å². The summed E-state index contributed by atoms with van der Waals surface area (Å²) in [5.41, 5.74) is 2.24. The van der Waals surface area contributed by atoms with Gasteiger partial charge in [-0.25, -0.2) is 13.4 Å². The average Bonchev–Trinajstić information content (AvgIpc) is 3.29. The van der Waals surface area contributed by atoms with E-state index in [9.17, 15) is 13.2 Å². The van der Waals surface area contributed by atoms with Crippen molar-refractivity contribution in [3.05, 3.63) is 88.7 Å². The van der Waals surface area contributed by atoms with Crippen LogP contribution in [-0.4, -0.2) is 24.6 Å². The number of nitrogens with one attached hydrogen (secondary N) is 2. The minimum Gasteiger partial charge on any atom is -0.301 e. The maximum Gasteiger partial charge on any atom is 0.261 e. The van der Waals surface area contributed by atoms with Crippen LogP contribution in [0.2, 0.25) is 0 Å². The first-order valence-electron chi connectivity index (χ1n) is 10.2. The number of thioether (sulfide) groups is 1.